The number of nitrogens with two attached hydrogens (primary N) is 1. The lowest BCUT2D eigenvalue weighted by Gasteiger charge is -2.43. The molecule has 0 unspecified atom stereocenters. The van der Waals surface area contributed by atoms with E-state index in [-0.39, 0.29) is 16.7 Å². The average Bonchev–Trinajstić information content (AvgIpc) is 2.95. The molecule has 1 amide bonds. The van der Waals surface area contributed by atoms with Crippen LogP contribution in [0.1, 0.15) is 54.2 Å². The van der Waals surface area contributed by atoms with Crippen molar-refractivity contribution in [1.29, 1.82) is 0 Å². The zero-order valence-corrected chi connectivity index (χ0v) is 25.8. The zero-order valence-electron chi connectivity index (χ0n) is 23.8. The number of carbonyl (C=O) groups is 1. The first-order valence-electron chi connectivity index (χ1n) is 12.4. The Kier molecular flexibility index (Phi) is 8.76. The number of aliphatic hydroxyl groups is 1. The molecule has 0 bridgehead atoms. The van der Waals surface area contributed by atoms with Gasteiger partial charge in [-0.15, -0.1) is 0 Å². The molecule has 10 nitrogen and oxygen atoms in total. The number of aromatic nitrogens is 2. The van der Waals surface area contributed by atoms with Gasteiger partial charge in [0.2, 0.25) is 5.91 Å². The van der Waals surface area contributed by atoms with Crippen LogP contribution in [0.2, 0.25) is 36.3 Å². The van der Waals surface area contributed by atoms with Crippen LogP contribution in [0.3, 0.4) is 0 Å². The SMILES string of the molecule is CNc1ccn([C@@H]2O[C@H](CO[Si](C)(C)C(C)(C)C)[C@](O)(CC(N)=O)[C@H]2O[Si](C)(C)C(C)(C)C)c(=O)n1. The van der Waals surface area contributed by atoms with Gasteiger partial charge in [-0.05, 0) is 42.3 Å². The van der Waals surface area contributed by atoms with Crippen molar-refractivity contribution in [2.45, 2.75) is 108 Å². The Labute approximate surface area is 217 Å². The fourth-order valence-corrected chi connectivity index (χ4v) is 5.89. The van der Waals surface area contributed by atoms with Crippen molar-refractivity contribution in [3.8, 4) is 0 Å². The van der Waals surface area contributed by atoms with Crippen molar-refractivity contribution < 1.29 is 23.5 Å². The van der Waals surface area contributed by atoms with Crippen LogP contribution < -0.4 is 16.7 Å². The van der Waals surface area contributed by atoms with E-state index >= 15 is 0 Å². The standard InChI is InChI=1S/C24H46N4O6Si2/c1-22(2,3)35(8,9)32-15-16-24(31,14-17(25)29)19(34-36(10,11)23(4,5)6)20(33-16)28-13-12-18(26-7)27-21(28)30/h12-13,16,19-20,31H,14-15H2,1-11H3,(H2,25,29)(H,26,27,30)/t16-,19+,20-,24-/m1/s1. The Morgan fingerprint density at radius 1 is 1.19 bits per heavy atom. The van der Waals surface area contributed by atoms with Gasteiger partial charge in [-0.3, -0.25) is 9.36 Å². The van der Waals surface area contributed by atoms with Crippen LogP contribution in [0.15, 0.2) is 17.1 Å². The van der Waals surface area contributed by atoms with Crippen molar-refractivity contribution in [2.24, 2.45) is 5.73 Å². The molecule has 1 fully saturated rings. The summed E-state index contributed by atoms with van der Waals surface area (Å²) >= 11 is 0. The minimum atomic E-state index is -2.51. The van der Waals surface area contributed by atoms with Gasteiger partial charge >= 0.3 is 5.69 Å². The van der Waals surface area contributed by atoms with E-state index in [0.29, 0.717) is 5.82 Å². The van der Waals surface area contributed by atoms with Gasteiger partial charge < -0.3 is 29.7 Å². The molecule has 1 aromatic rings. The third-order valence-corrected chi connectivity index (χ3v) is 17.0. The Bertz CT molecular complexity index is 1000. The maximum Gasteiger partial charge on any atom is 0.351 e. The summed E-state index contributed by atoms with van der Waals surface area (Å²) in [5, 5.41) is 14.6. The molecule has 206 valence electrons. The number of primary amides is 1. The second-order valence-electron chi connectivity index (χ2n) is 12.8. The number of hydrogen-bond acceptors (Lipinski definition) is 8. The minimum Gasteiger partial charge on any atom is -0.414 e. The van der Waals surface area contributed by atoms with Crippen LogP contribution in [0, 0.1) is 0 Å². The topological polar surface area (TPSA) is 138 Å². The molecule has 2 rings (SSSR count). The Hall–Kier alpha value is -1.58. The summed E-state index contributed by atoms with van der Waals surface area (Å²) in [6.07, 6.45) is -1.86. The van der Waals surface area contributed by atoms with E-state index in [1.54, 1.807) is 19.3 Å². The molecule has 1 aliphatic rings. The lowest BCUT2D eigenvalue weighted by atomic mass is 9.88. The van der Waals surface area contributed by atoms with Crippen molar-refractivity contribution >= 4 is 28.4 Å². The summed E-state index contributed by atoms with van der Waals surface area (Å²) in [6.45, 7) is 20.9. The molecule has 2 heterocycles. The molecule has 0 radical (unpaired) electrons. The van der Waals surface area contributed by atoms with E-state index in [9.17, 15) is 14.7 Å². The first-order valence-corrected chi connectivity index (χ1v) is 18.2. The quantitative estimate of drug-likeness (QED) is 0.405. The molecule has 0 saturated carbocycles. The predicted octanol–water partition coefficient (Wildman–Crippen LogP) is 3.20. The molecule has 4 N–H and O–H groups in total. The molecular weight excluding hydrogens is 496 g/mol. The van der Waals surface area contributed by atoms with Gasteiger partial charge in [0.15, 0.2) is 22.9 Å². The maximum absolute atomic E-state index is 13.0. The van der Waals surface area contributed by atoms with Gasteiger partial charge in [-0.25, -0.2) is 4.79 Å². The van der Waals surface area contributed by atoms with Crippen LogP contribution in [0.5, 0.6) is 0 Å². The van der Waals surface area contributed by atoms with Gasteiger partial charge in [0.05, 0.1) is 13.0 Å². The third kappa shape index (κ3) is 6.28. The molecule has 0 aromatic carbocycles. The van der Waals surface area contributed by atoms with Gasteiger partial charge in [0.1, 0.15) is 23.6 Å². The number of carbonyl (C=O) groups excluding carboxylic acids is 1. The summed E-state index contributed by atoms with van der Waals surface area (Å²) in [4.78, 5) is 29.2. The highest BCUT2D eigenvalue weighted by Crippen LogP contribution is 2.47. The van der Waals surface area contributed by atoms with Gasteiger partial charge in [0, 0.05) is 13.2 Å². The lowest BCUT2D eigenvalue weighted by molar-refractivity contribution is -0.133. The van der Waals surface area contributed by atoms with Crippen molar-refractivity contribution in [3.63, 3.8) is 0 Å². The van der Waals surface area contributed by atoms with E-state index < -0.39 is 58.7 Å². The maximum atomic E-state index is 13.0. The summed E-state index contributed by atoms with van der Waals surface area (Å²) in [5.74, 6) is -0.291. The molecule has 0 aliphatic carbocycles. The van der Waals surface area contributed by atoms with Crippen LogP contribution in [-0.2, 0) is 18.4 Å². The van der Waals surface area contributed by atoms with Gasteiger partial charge in [-0.1, -0.05) is 41.5 Å². The molecule has 36 heavy (non-hydrogen) atoms. The summed E-state index contributed by atoms with van der Waals surface area (Å²) in [5.41, 5.74) is 3.24. The predicted molar refractivity (Wildman–Crippen MR) is 146 cm³/mol. The number of amides is 1. The molecule has 1 aliphatic heterocycles. The molecule has 0 spiro atoms. The third-order valence-electron chi connectivity index (χ3n) is 8.06. The molecule has 12 heteroatoms. The molecule has 1 saturated heterocycles. The number of anilines is 1. The van der Waals surface area contributed by atoms with Gasteiger partial charge in [0.25, 0.3) is 0 Å². The smallest absolute Gasteiger partial charge is 0.351 e. The Morgan fingerprint density at radius 3 is 2.19 bits per heavy atom. The van der Waals surface area contributed by atoms with E-state index in [1.807, 2.05) is 13.1 Å². The first kappa shape index (κ1) is 30.6. The minimum absolute atomic E-state index is 0.0327. The van der Waals surface area contributed by atoms with E-state index in [1.165, 1.54) is 4.57 Å². The zero-order chi connectivity index (χ0) is 27.9. The van der Waals surface area contributed by atoms with Crippen LogP contribution in [0.4, 0.5) is 5.82 Å². The van der Waals surface area contributed by atoms with Crippen LogP contribution >= 0.6 is 0 Å². The number of nitrogens with zero attached hydrogens (tertiary/aromatic N) is 2. The number of ether oxygens (including phenoxy) is 1. The van der Waals surface area contributed by atoms with Crippen molar-refractivity contribution in [3.05, 3.63) is 22.7 Å². The Morgan fingerprint density at radius 2 is 1.75 bits per heavy atom. The largest absolute Gasteiger partial charge is 0.414 e. The van der Waals surface area contributed by atoms with Crippen LogP contribution in [0.25, 0.3) is 0 Å². The fraction of sp³-hybridized carbons (Fsp3) is 0.792. The van der Waals surface area contributed by atoms with Crippen LogP contribution in [-0.4, -0.2) is 68.7 Å². The summed E-state index contributed by atoms with van der Waals surface area (Å²) in [6, 6.07) is 1.64. The first-order chi connectivity index (χ1) is 16.2. The summed E-state index contributed by atoms with van der Waals surface area (Å²) in [7, 11) is -3.07. The monoisotopic (exact) mass is 542 g/mol. The second-order valence-corrected chi connectivity index (χ2v) is 22.3. The van der Waals surface area contributed by atoms with Crippen molar-refractivity contribution in [1.82, 2.24) is 9.55 Å². The fourth-order valence-electron chi connectivity index (χ4n) is 3.58. The van der Waals surface area contributed by atoms with Gasteiger partial charge in [-0.2, -0.15) is 4.98 Å². The highest BCUT2D eigenvalue weighted by atomic mass is 28.4. The number of rotatable bonds is 9. The second kappa shape index (κ2) is 10.3. The van der Waals surface area contributed by atoms with Crippen molar-refractivity contribution in [2.75, 3.05) is 19.0 Å². The normalized spacial score (nSPS) is 25.7. The molecular formula is C24H46N4O6Si2. The van der Waals surface area contributed by atoms with E-state index in [0.717, 1.165) is 0 Å². The lowest BCUT2D eigenvalue weighted by Crippen LogP contribution is -2.58. The summed E-state index contributed by atoms with van der Waals surface area (Å²) < 4.78 is 20.7. The Balaban J connectivity index is 2.62. The average molecular weight is 543 g/mol. The molecule has 1 aromatic heterocycles. The highest BCUT2D eigenvalue weighted by Gasteiger charge is 2.60. The van der Waals surface area contributed by atoms with E-state index in [2.05, 4.69) is 64.9 Å². The number of nitrogens with one attached hydrogen (secondary N) is 1. The highest BCUT2D eigenvalue weighted by molar-refractivity contribution is 6.74. The van der Waals surface area contributed by atoms with E-state index in [4.69, 9.17) is 19.3 Å². The molecule has 4 atom stereocenters. The number of hydrogen-bond donors (Lipinski definition) is 3.